The minimum absolute atomic E-state index is 0.0820. The SMILES string of the molecule is COCC(C)OCN(COC(C)COC)c1nc(N(COC(C)COC)COC(C)COC)nc(N(COC(C)COC)COC(C)COC)n1. The Morgan fingerprint density at radius 3 is 0.627 bits per heavy atom. The van der Waals surface area contributed by atoms with Gasteiger partial charge in [0.2, 0.25) is 17.8 Å². The minimum Gasteiger partial charge on any atom is -0.382 e. The summed E-state index contributed by atoms with van der Waals surface area (Å²) in [6, 6.07) is 0. The molecule has 6 atom stereocenters. The van der Waals surface area contributed by atoms with E-state index in [1.54, 1.807) is 57.4 Å². The first-order chi connectivity index (χ1) is 24.5. The Kier molecular flexibility index (Phi) is 26.2. The molecule has 0 aliphatic carbocycles. The topological polar surface area (TPSA) is 159 Å². The number of nitrogens with zero attached hydrogens (tertiary/aromatic N) is 6. The highest BCUT2D eigenvalue weighted by Crippen LogP contribution is 2.22. The van der Waals surface area contributed by atoms with Crippen LogP contribution < -0.4 is 14.7 Å². The summed E-state index contributed by atoms with van der Waals surface area (Å²) >= 11 is 0. The molecule has 1 aromatic heterocycles. The van der Waals surface area contributed by atoms with E-state index in [1.807, 2.05) is 41.5 Å². The second kappa shape index (κ2) is 28.4. The van der Waals surface area contributed by atoms with Crippen molar-refractivity contribution in [3.05, 3.63) is 0 Å². The van der Waals surface area contributed by atoms with E-state index in [9.17, 15) is 0 Å². The van der Waals surface area contributed by atoms with Crippen LogP contribution in [0.25, 0.3) is 0 Å². The van der Waals surface area contributed by atoms with E-state index in [0.717, 1.165) is 0 Å². The third-order valence-electron chi connectivity index (χ3n) is 6.95. The molecular formula is C33H66N6O12. The van der Waals surface area contributed by atoms with Crippen LogP contribution in [0.15, 0.2) is 0 Å². The molecular weight excluding hydrogens is 672 g/mol. The molecule has 0 radical (unpaired) electrons. The van der Waals surface area contributed by atoms with Crippen LogP contribution in [0, 0.1) is 0 Å². The van der Waals surface area contributed by atoms with Crippen LogP contribution in [-0.2, 0) is 56.8 Å². The van der Waals surface area contributed by atoms with Gasteiger partial charge in [0.25, 0.3) is 0 Å². The van der Waals surface area contributed by atoms with Gasteiger partial charge in [-0.3, -0.25) is 14.7 Å². The van der Waals surface area contributed by atoms with E-state index in [1.165, 1.54) is 0 Å². The van der Waals surface area contributed by atoms with Gasteiger partial charge in [0.15, 0.2) is 0 Å². The Morgan fingerprint density at radius 2 is 0.490 bits per heavy atom. The second-order valence-electron chi connectivity index (χ2n) is 12.2. The highest BCUT2D eigenvalue weighted by molar-refractivity contribution is 5.45. The van der Waals surface area contributed by atoms with Gasteiger partial charge in [-0.05, 0) is 41.5 Å². The van der Waals surface area contributed by atoms with Gasteiger partial charge in [-0.2, -0.15) is 15.0 Å². The fourth-order valence-corrected chi connectivity index (χ4v) is 4.23. The fraction of sp³-hybridized carbons (Fsp3) is 0.909. The van der Waals surface area contributed by atoms with Gasteiger partial charge < -0.3 is 56.8 Å². The molecule has 0 amide bonds. The van der Waals surface area contributed by atoms with Gasteiger partial charge >= 0.3 is 0 Å². The molecule has 0 aliphatic rings. The van der Waals surface area contributed by atoms with E-state index >= 15 is 0 Å². The predicted octanol–water partition coefficient (Wildman–Crippen LogP) is 2.34. The van der Waals surface area contributed by atoms with Crippen LogP contribution in [0.2, 0.25) is 0 Å². The molecule has 0 fully saturated rings. The zero-order chi connectivity index (χ0) is 38.0. The molecule has 300 valence electrons. The smallest absolute Gasteiger partial charge is 0.235 e. The molecule has 18 nitrogen and oxygen atoms in total. The van der Waals surface area contributed by atoms with Gasteiger partial charge in [-0.25, -0.2) is 0 Å². The standard InChI is InChI=1S/C33H66N6O12/c1-25(13-40-7)46-19-37(20-47-26(2)14-41-8)31-34-32(38(21-48-27(3)15-42-9)22-49-28(4)16-43-10)36-33(35-31)39(23-50-29(5)17-44-11)24-51-30(6)18-45-12/h25-30H,13-24H2,1-12H3. The Hall–Kier alpha value is -2.07. The van der Waals surface area contributed by atoms with Crippen LogP contribution in [0.5, 0.6) is 0 Å². The van der Waals surface area contributed by atoms with Crippen LogP contribution in [0.1, 0.15) is 41.5 Å². The van der Waals surface area contributed by atoms with Crippen LogP contribution in [0.3, 0.4) is 0 Å². The van der Waals surface area contributed by atoms with Crippen molar-refractivity contribution in [2.24, 2.45) is 0 Å². The van der Waals surface area contributed by atoms with Crippen molar-refractivity contribution in [1.82, 2.24) is 15.0 Å². The quantitative estimate of drug-likeness (QED) is 0.0967. The Morgan fingerprint density at radius 1 is 0.333 bits per heavy atom. The van der Waals surface area contributed by atoms with E-state index < -0.39 is 0 Å². The van der Waals surface area contributed by atoms with Gasteiger partial charge in [-0.15, -0.1) is 0 Å². The van der Waals surface area contributed by atoms with Crippen molar-refractivity contribution in [2.75, 3.05) is 137 Å². The first-order valence-corrected chi connectivity index (χ1v) is 17.2. The van der Waals surface area contributed by atoms with Gasteiger partial charge in [-0.1, -0.05) is 0 Å². The van der Waals surface area contributed by atoms with Gasteiger partial charge in [0.1, 0.15) is 40.4 Å². The first kappa shape index (κ1) is 47.0. The molecule has 1 rings (SSSR count). The monoisotopic (exact) mass is 738 g/mol. The molecule has 0 aromatic carbocycles. The number of hydrogen-bond acceptors (Lipinski definition) is 18. The molecule has 0 spiro atoms. The lowest BCUT2D eigenvalue weighted by Crippen LogP contribution is -2.39. The highest BCUT2D eigenvalue weighted by Gasteiger charge is 2.24. The molecule has 0 aliphatic heterocycles. The first-order valence-electron chi connectivity index (χ1n) is 17.2. The van der Waals surface area contributed by atoms with Crippen molar-refractivity contribution in [3.63, 3.8) is 0 Å². The molecule has 0 bridgehead atoms. The van der Waals surface area contributed by atoms with E-state index in [2.05, 4.69) is 0 Å². The van der Waals surface area contributed by atoms with E-state index in [4.69, 9.17) is 71.8 Å². The maximum atomic E-state index is 6.12. The van der Waals surface area contributed by atoms with Crippen LogP contribution in [-0.4, -0.2) is 174 Å². The Bertz CT molecular complexity index is 813. The largest absolute Gasteiger partial charge is 0.382 e. The summed E-state index contributed by atoms with van der Waals surface area (Å²) < 4.78 is 68.5. The fourth-order valence-electron chi connectivity index (χ4n) is 4.23. The molecule has 1 heterocycles. The summed E-state index contributed by atoms with van der Waals surface area (Å²) in [5.74, 6) is 0.803. The number of aromatic nitrogens is 3. The lowest BCUT2D eigenvalue weighted by atomic mass is 10.4. The lowest BCUT2D eigenvalue weighted by Gasteiger charge is -2.31. The van der Waals surface area contributed by atoms with Crippen molar-refractivity contribution >= 4 is 17.8 Å². The van der Waals surface area contributed by atoms with E-state index in [-0.39, 0.29) is 94.9 Å². The lowest BCUT2D eigenvalue weighted by molar-refractivity contribution is -0.0217. The van der Waals surface area contributed by atoms with Crippen LogP contribution in [0.4, 0.5) is 17.8 Å². The number of rotatable bonds is 33. The molecule has 0 saturated carbocycles. The number of methoxy groups -OCH3 is 6. The minimum atomic E-state index is -0.222. The van der Waals surface area contributed by atoms with Gasteiger partial charge in [0, 0.05) is 42.7 Å². The number of hydrogen-bond donors (Lipinski definition) is 0. The van der Waals surface area contributed by atoms with Crippen molar-refractivity contribution in [2.45, 2.75) is 78.2 Å². The molecule has 6 unspecified atom stereocenters. The van der Waals surface area contributed by atoms with Crippen LogP contribution >= 0.6 is 0 Å². The van der Waals surface area contributed by atoms with Crippen molar-refractivity contribution in [3.8, 4) is 0 Å². The summed E-state index contributed by atoms with van der Waals surface area (Å²) in [5, 5.41) is 0. The molecule has 0 saturated heterocycles. The Balaban J connectivity index is 3.80. The summed E-state index contributed by atoms with van der Waals surface area (Å²) in [5.41, 5.74) is 0. The van der Waals surface area contributed by atoms with Crippen molar-refractivity contribution in [1.29, 1.82) is 0 Å². The summed E-state index contributed by atoms with van der Waals surface area (Å²) in [6.45, 7) is 14.3. The normalized spacial score (nSPS) is 15.3. The summed E-state index contributed by atoms with van der Waals surface area (Å²) in [7, 11) is 9.73. The maximum Gasteiger partial charge on any atom is 0.235 e. The molecule has 1 aromatic rings. The molecule has 51 heavy (non-hydrogen) atoms. The molecule has 18 heteroatoms. The predicted molar refractivity (Wildman–Crippen MR) is 191 cm³/mol. The highest BCUT2D eigenvalue weighted by atomic mass is 16.6. The zero-order valence-electron chi connectivity index (χ0n) is 33.0. The summed E-state index contributed by atoms with van der Waals surface area (Å²) in [4.78, 5) is 20.0. The number of anilines is 3. The number of ether oxygens (including phenoxy) is 12. The third-order valence-corrected chi connectivity index (χ3v) is 6.95. The van der Waals surface area contributed by atoms with Gasteiger partial charge in [0.05, 0.1) is 76.3 Å². The summed E-state index contributed by atoms with van der Waals surface area (Å²) in [6.07, 6.45) is -1.33. The maximum absolute atomic E-state index is 6.12. The Labute approximate surface area is 305 Å². The molecule has 0 N–H and O–H groups in total. The average Bonchev–Trinajstić information content (AvgIpc) is 3.08. The third kappa shape index (κ3) is 20.7. The zero-order valence-corrected chi connectivity index (χ0v) is 33.0. The average molecular weight is 739 g/mol. The second-order valence-corrected chi connectivity index (χ2v) is 12.2. The van der Waals surface area contributed by atoms with E-state index in [0.29, 0.717) is 39.6 Å². The van der Waals surface area contributed by atoms with Crippen molar-refractivity contribution < 1.29 is 56.8 Å².